The number of benzene rings is 2. The molecule has 0 aromatic heterocycles. The molecular formula is C17H14N4O6S. The highest BCUT2D eigenvalue weighted by Gasteiger charge is 2.16. The second kappa shape index (κ2) is 9.19. The zero-order valence-electron chi connectivity index (χ0n) is 14.4. The van der Waals surface area contributed by atoms with Crippen LogP contribution in [0.1, 0.15) is 5.56 Å². The third-order valence-electron chi connectivity index (χ3n) is 3.39. The summed E-state index contributed by atoms with van der Waals surface area (Å²) in [4.78, 5) is 32.7. The highest BCUT2D eigenvalue weighted by molar-refractivity contribution is 7.80. The van der Waals surface area contributed by atoms with Crippen molar-refractivity contribution in [3.63, 3.8) is 0 Å². The van der Waals surface area contributed by atoms with Crippen molar-refractivity contribution >= 4 is 46.4 Å². The lowest BCUT2D eigenvalue weighted by Crippen LogP contribution is -2.33. The first-order valence-corrected chi connectivity index (χ1v) is 8.08. The molecule has 0 saturated carbocycles. The van der Waals surface area contributed by atoms with Crippen LogP contribution in [-0.2, 0) is 4.79 Å². The molecular weight excluding hydrogens is 388 g/mol. The molecule has 28 heavy (non-hydrogen) atoms. The van der Waals surface area contributed by atoms with Crippen LogP contribution >= 0.6 is 12.2 Å². The summed E-state index contributed by atoms with van der Waals surface area (Å²) < 4.78 is 4.94. The van der Waals surface area contributed by atoms with Crippen molar-refractivity contribution in [2.75, 3.05) is 12.4 Å². The quantitative estimate of drug-likeness (QED) is 0.326. The van der Waals surface area contributed by atoms with E-state index in [0.717, 1.165) is 6.08 Å². The first kappa shape index (κ1) is 20.5. The van der Waals surface area contributed by atoms with Crippen molar-refractivity contribution in [1.29, 1.82) is 0 Å². The summed E-state index contributed by atoms with van der Waals surface area (Å²) in [5.74, 6) is -0.313. The minimum Gasteiger partial charge on any atom is -0.496 e. The van der Waals surface area contributed by atoms with Gasteiger partial charge < -0.3 is 10.1 Å². The smallest absolute Gasteiger partial charge is 0.296 e. The van der Waals surface area contributed by atoms with Crippen molar-refractivity contribution in [2.45, 2.75) is 0 Å². The molecule has 0 saturated heterocycles. The van der Waals surface area contributed by atoms with Gasteiger partial charge in [-0.05, 0) is 36.0 Å². The molecule has 0 radical (unpaired) electrons. The molecule has 0 aliphatic carbocycles. The highest BCUT2D eigenvalue weighted by atomic mass is 32.1. The predicted octanol–water partition coefficient (Wildman–Crippen LogP) is 3.04. The molecule has 1 amide bonds. The SMILES string of the molecule is COc1ccc(NC(=S)NC(=O)/C=C/c2cccc([N+](=O)[O-])c2)c([N+](=O)[O-])c1. The Labute approximate surface area is 164 Å². The first-order valence-electron chi connectivity index (χ1n) is 7.67. The van der Waals surface area contributed by atoms with Crippen molar-refractivity contribution in [2.24, 2.45) is 0 Å². The monoisotopic (exact) mass is 402 g/mol. The van der Waals surface area contributed by atoms with Crippen LogP contribution in [0.2, 0.25) is 0 Å². The Kier molecular flexibility index (Phi) is 6.71. The van der Waals surface area contributed by atoms with E-state index in [-0.39, 0.29) is 22.2 Å². The minimum atomic E-state index is -0.614. The van der Waals surface area contributed by atoms with Gasteiger partial charge in [-0.25, -0.2) is 0 Å². The molecule has 0 unspecified atom stereocenters. The number of hydrogen-bond acceptors (Lipinski definition) is 7. The average Bonchev–Trinajstić information content (AvgIpc) is 2.66. The Morgan fingerprint density at radius 3 is 2.54 bits per heavy atom. The van der Waals surface area contributed by atoms with Gasteiger partial charge in [0.1, 0.15) is 11.4 Å². The van der Waals surface area contributed by atoms with E-state index in [9.17, 15) is 25.0 Å². The normalized spacial score (nSPS) is 10.3. The number of nitrogens with one attached hydrogen (secondary N) is 2. The zero-order chi connectivity index (χ0) is 20.7. The van der Waals surface area contributed by atoms with Gasteiger partial charge in [-0.15, -0.1) is 0 Å². The zero-order valence-corrected chi connectivity index (χ0v) is 15.3. The fourth-order valence-corrected chi connectivity index (χ4v) is 2.33. The van der Waals surface area contributed by atoms with Gasteiger partial charge in [0, 0.05) is 18.2 Å². The summed E-state index contributed by atoms with van der Waals surface area (Å²) in [6.07, 6.45) is 2.51. The van der Waals surface area contributed by atoms with Gasteiger partial charge in [-0.3, -0.25) is 30.3 Å². The van der Waals surface area contributed by atoms with Crippen molar-refractivity contribution in [1.82, 2.24) is 5.32 Å². The lowest BCUT2D eigenvalue weighted by molar-refractivity contribution is -0.384. The summed E-state index contributed by atoms with van der Waals surface area (Å²) in [6.45, 7) is 0. The number of carbonyl (C=O) groups excluding carboxylic acids is 1. The summed E-state index contributed by atoms with van der Waals surface area (Å²) in [5.41, 5.74) is 0.155. The van der Waals surface area contributed by atoms with Gasteiger partial charge in [-0.1, -0.05) is 12.1 Å². The number of thiocarbonyl (C=S) groups is 1. The molecule has 0 atom stereocenters. The van der Waals surface area contributed by atoms with E-state index < -0.39 is 15.8 Å². The Morgan fingerprint density at radius 2 is 1.89 bits per heavy atom. The van der Waals surface area contributed by atoms with Crippen molar-refractivity contribution in [3.8, 4) is 5.75 Å². The van der Waals surface area contributed by atoms with Crippen molar-refractivity contribution in [3.05, 3.63) is 74.3 Å². The molecule has 0 aliphatic rings. The third-order valence-corrected chi connectivity index (χ3v) is 3.60. The molecule has 0 bridgehead atoms. The van der Waals surface area contributed by atoms with E-state index in [2.05, 4.69) is 10.6 Å². The molecule has 0 fully saturated rings. The van der Waals surface area contributed by atoms with Crippen LogP contribution in [0.3, 0.4) is 0 Å². The number of hydrogen-bond donors (Lipinski definition) is 2. The number of nitro groups is 2. The Balaban J connectivity index is 2.03. The number of methoxy groups -OCH3 is 1. The fourth-order valence-electron chi connectivity index (χ4n) is 2.12. The Hall–Kier alpha value is -3.86. The third kappa shape index (κ3) is 5.57. The molecule has 11 heteroatoms. The molecule has 2 N–H and O–H groups in total. The molecule has 0 spiro atoms. The number of non-ortho nitro benzene ring substituents is 1. The largest absolute Gasteiger partial charge is 0.496 e. The van der Waals surface area contributed by atoms with Crippen LogP contribution in [-0.4, -0.2) is 28.0 Å². The van der Waals surface area contributed by atoms with Crippen LogP contribution in [0.4, 0.5) is 17.1 Å². The standard InChI is InChI=1S/C17H14N4O6S/c1-27-13-6-7-14(15(10-13)21(25)26)18-17(28)19-16(22)8-5-11-3-2-4-12(9-11)20(23)24/h2-10H,1H3,(H2,18,19,22,28)/b8-5+. The molecule has 2 aromatic carbocycles. The number of ether oxygens (including phenoxy) is 1. The summed E-state index contributed by atoms with van der Waals surface area (Å²) in [5, 5.41) is 26.7. The second-order valence-electron chi connectivity index (χ2n) is 5.27. The fraction of sp³-hybridized carbons (Fsp3) is 0.0588. The van der Waals surface area contributed by atoms with Gasteiger partial charge in [0.15, 0.2) is 5.11 Å². The van der Waals surface area contributed by atoms with Crippen LogP contribution < -0.4 is 15.4 Å². The van der Waals surface area contributed by atoms with Gasteiger partial charge in [0.05, 0.1) is 23.0 Å². The van der Waals surface area contributed by atoms with Crippen LogP contribution in [0.5, 0.6) is 5.75 Å². The number of carbonyl (C=O) groups is 1. The number of anilines is 1. The Morgan fingerprint density at radius 1 is 1.14 bits per heavy atom. The van der Waals surface area contributed by atoms with E-state index in [0.29, 0.717) is 11.3 Å². The number of rotatable bonds is 6. The average molecular weight is 402 g/mol. The van der Waals surface area contributed by atoms with E-state index in [1.165, 1.54) is 49.6 Å². The van der Waals surface area contributed by atoms with E-state index in [1.807, 2.05) is 0 Å². The second-order valence-corrected chi connectivity index (χ2v) is 5.68. The summed E-state index contributed by atoms with van der Waals surface area (Å²) in [6, 6.07) is 9.84. The van der Waals surface area contributed by atoms with Gasteiger partial charge in [0.2, 0.25) is 5.91 Å². The molecule has 144 valence electrons. The maximum Gasteiger partial charge on any atom is 0.296 e. The minimum absolute atomic E-state index is 0.0822. The maximum atomic E-state index is 11.9. The van der Waals surface area contributed by atoms with Gasteiger partial charge in [-0.2, -0.15) is 0 Å². The molecule has 0 heterocycles. The summed E-state index contributed by atoms with van der Waals surface area (Å²) in [7, 11) is 1.38. The summed E-state index contributed by atoms with van der Waals surface area (Å²) >= 11 is 4.99. The van der Waals surface area contributed by atoms with Gasteiger partial charge in [0.25, 0.3) is 11.4 Å². The number of amides is 1. The number of nitrogens with zero attached hydrogens (tertiary/aromatic N) is 2. The van der Waals surface area contributed by atoms with E-state index >= 15 is 0 Å². The predicted molar refractivity (Wildman–Crippen MR) is 106 cm³/mol. The van der Waals surface area contributed by atoms with Gasteiger partial charge >= 0.3 is 0 Å². The Bertz CT molecular complexity index is 976. The molecule has 0 aliphatic heterocycles. The van der Waals surface area contributed by atoms with Crippen molar-refractivity contribution < 1.29 is 19.4 Å². The molecule has 2 aromatic rings. The topological polar surface area (TPSA) is 137 Å². The van der Waals surface area contributed by atoms with E-state index in [1.54, 1.807) is 6.07 Å². The van der Waals surface area contributed by atoms with Crippen LogP contribution in [0, 0.1) is 20.2 Å². The van der Waals surface area contributed by atoms with Crippen LogP contribution in [0.25, 0.3) is 6.08 Å². The maximum absolute atomic E-state index is 11.9. The lowest BCUT2D eigenvalue weighted by Gasteiger charge is -2.09. The molecule has 10 nitrogen and oxygen atoms in total. The van der Waals surface area contributed by atoms with Crippen LogP contribution in [0.15, 0.2) is 48.5 Å². The van der Waals surface area contributed by atoms with E-state index in [4.69, 9.17) is 17.0 Å². The first-order chi connectivity index (χ1) is 13.3. The number of nitro benzene ring substituents is 2. The highest BCUT2D eigenvalue weighted by Crippen LogP contribution is 2.28. The molecule has 2 rings (SSSR count). The lowest BCUT2D eigenvalue weighted by atomic mass is 10.2.